The molecular formula is C12H24N2. The summed E-state index contributed by atoms with van der Waals surface area (Å²) >= 11 is 0. The van der Waals surface area contributed by atoms with Gasteiger partial charge in [0, 0.05) is 6.04 Å². The van der Waals surface area contributed by atoms with Crippen molar-refractivity contribution >= 4 is 0 Å². The molecule has 14 heavy (non-hydrogen) atoms. The molecule has 2 rings (SSSR count). The lowest BCUT2D eigenvalue weighted by Crippen LogP contribution is -2.38. The van der Waals surface area contributed by atoms with Crippen LogP contribution in [-0.2, 0) is 0 Å². The van der Waals surface area contributed by atoms with Gasteiger partial charge in [-0.15, -0.1) is 0 Å². The van der Waals surface area contributed by atoms with E-state index in [0.29, 0.717) is 0 Å². The molecule has 0 aromatic carbocycles. The standard InChI is InChI=1S/C12H24N2/c1-13-8-3-2-6-12(13)7-11-14-9-4-5-10-14/h12H,2-11H2,1H3. The summed E-state index contributed by atoms with van der Waals surface area (Å²) in [5.41, 5.74) is 0. The maximum atomic E-state index is 2.64. The fourth-order valence-electron chi connectivity index (χ4n) is 2.85. The SMILES string of the molecule is CN1CCCCC1CCN1CCCC1. The van der Waals surface area contributed by atoms with Crippen molar-refractivity contribution in [2.24, 2.45) is 0 Å². The average molecular weight is 196 g/mol. The smallest absolute Gasteiger partial charge is 0.0104 e. The molecule has 2 aliphatic heterocycles. The van der Waals surface area contributed by atoms with Gasteiger partial charge in [0.25, 0.3) is 0 Å². The topological polar surface area (TPSA) is 6.48 Å². The number of hydrogen-bond donors (Lipinski definition) is 0. The molecule has 2 heteroatoms. The Balaban J connectivity index is 1.67. The van der Waals surface area contributed by atoms with Gasteiger partial charge < -0.3 is 9.80 Å². The van der Waals surface area contributed by atoms with Crippen molar-refractivity contribution in [2.45, 2.75) is 44.6 Å². The highest BCUT2D eigenvalue weighted by atomic mass is 15.2. The Hall–Kier alpha value is -0.0800. The molecule has 0 radical (unpaired) electrons. The van der Waals surface area contributed by atoms with E-state index in [4.69, 9.17) is 0 Å². The quantitative estimate of drug-likeness (QED) is 0.681. The van der Waals surface area contributed by atoms with Crippen LogP contribution in [0.15, 0.2) is 0 Å². The van der Waals surface area contributed by atoms with Gasteiger partial charge in [0.2, 0.25) is 0 Å². The summed E-state index contributed by atoms with van der Waals surface area (Å²) in [6.45, 7) is 5.38. The van der Waals surface area contributed by atoms with Crippen molar-refractivity contribution in [1.82, 2.24) is 9.80 Å². The maximum absolute atomic E-state index is 2.64. The second kappa shape index (κ2) is 5.13. The van der Waals surface area contributed by atoms with Crippen LogP contribution >= 0.6 is 0 Å². The molecule has 0 amide bonds. The van der Waals surface area contributed by atoms with Crippen molar-refractivity contribution in [3.8, 4) is 0 Å². The Bertz CT molecular complexity index is 164. The minimum atomic E-state index is 0.879. The molecular weight excluding hydrogens is 172 g/mol. The number of piperidine rings is 1. The molecule has 2 aliphatic rings. The summed E-state index contributed by atoms with van der Waals surface area (Å²) in [5, 5.41) is 0. The third-order valence-corrected chi connectivity index (χ3v) is 3.90. The molecule has 82 valence electrons. The largest absolute Gasteiger partial charge is 0.303 e. The molecule has 2 fully saturated rings. The lowest BCUT2D eigenvalue weighted by atomic mass is 10.00. The highest BCUT2D eigenvalue weighted by Gasteiger charge is 2.20. The van der Waals surface area contributed by atoms with Crippen LogP contribution in [0.2, 0.25) is 0 Å². The van der Waals surface area contributed by atoms with Crippen LogP contribution in [-0.4, -0.2) is 49.1 Å². The lowest BCUT2D eigenvalue weighted by molar-refractivity contribution is 0.160. The van der Waals surface area contributed by atoms with Crippen LogP contribution in [0.25, 0.3) is 0 Å². The Labute approximate surface area is 88.3 Å². The van der Waals surface area contributed by atoms with Crippen LogP contribution in [0, 0.1) is 0 Å². The van der Waals surface area contributed by atoms with Gasteiger partial charge in [0.1, 0.15) is 0 Å². The Morgan fingerprint density at radius 3 is 2.43 bits per heavy atom. The number of hydrogen-bond acceptors (Lipinski definition) is 2. The van der Waals surface area contributed by atoms with Crippen LogP contribution in [0.1, 0.15) is 38.5 Å². The van der Waals surface area contributed by atoms with E-state index in [0.717, 1.165) is 6.04 Å². The van der Waals surface area contributed by atoms with Gasteiger partial charge in [-0.1, -0.05) is 6.42 Å². The van der Waals surface area contributed by atoms with E-state index >= 15 is 0 Å². The fourth-order valence-corrected chi connectivity index (χ4v) is 2.85. The van der Waals surface area contributed by atoms with Crippen LogP contribution in [0.3, 0.4) is 0 Å². The molecule has 0 N–H and O–H groups in total. The second-order valence-corrected chi connectivity index (χ2v) is 4.97. The van der Waals surface area contributed by atoms with E-state index in [-0.39, 0.29) is 0 Å². The van der Waals surface area contributed by atoms with Gasteiger partial charge in [-0.3, -0.25) is 0 Å². The van der Waals surface area contributed by atoms with Crippen LogP contribution < -0.4 is 0 Å². The molecule has 0 aromatic heterocycles. The molecule has 2 nitrogen and oxygen atoms in total. The zero-order valence-electron chi connectivity index (χ0n) is 9.54. The summed E-state index contributed by atoms with van der Waals surface area (Å²) in [4.78, 5) is 5.21. The van der Waals surface area contributed by atoms with Gasteiger partial charge >= 0.3 is 0 Å². The first-order valence-corrected chi connectivity index (χ1v) is 6.29. The van der Waals surface area contributed by atoms with Gasteiger partial charge in [-0.2, -0.15) is 0 Å². The Morgan fingerprint density at radius 2 is 1.71 bits per heavy atom. The third-order valence-electron chi connectivity index (χ3n) is 3.90. The van der Waals surface area contributed by atoms with E-state index in [2.05, 4.69) is 16.8 Å². The molecule has 0 aromatic rings. The van der Waals surface area contributed by atoms with Gasteiger partial charge in [-0.05, 0) is 65.3 Å². The van der Waals surface area contributed by atoms with Gasteiger partial charge in [0.15, 0.2) is 0 Å². The summed E-state index contributed by atoms with van der Waals surface area (Å²) in [6.07, 6.45) is 8.56. The number of nitrogens with zero attached hydrogens (tertiary/aromatic N) is 2. The molecule has 2 heterocycles. The van der Waals surface area contributed by atoms with E-state index < -0.39 is 0 Å². The normalized spacial score (nSPS) is 31.1. The number of likely N-dealkylation sites (tertiary alicyclic amines) is 2. The Kier molecular flexibility index (Phi) is 3.82. The monoisotopic (exact) mass is 196 g/mol. The summed E-state index contributed by atoms with van der Waals surface area (Å²) < 4.78 is 0. The molecule has 0 saturated carbocycles. The molecule has 0 spiro atoms. The summed E-state index contributed by atoms with van der Waals surface area (Å²) in [5.74, 6) is 0. The predicted molar refractivity (Wildman–Crippen MR) is 60.6 cm³/mol. The zero-order chi connectivity index (χ0) is 9.80. The molecule has 0 bridgehead atoms. The maximum Gasteiger partial charge on any atom is 0.0104 e. The predicted octanol–water partition coefficient (Wildman–Crippen LogP) is 1.96. The van der Waals surface area contributed by atoms with Gasteiger partial charge in [0.05, 0.1) is 0 Å². The lowest BCUT2D eigenvalue weighted by Gasteiger charge is -2.33. The Morgan fingerprint density at radius 1 is 1.00 bits per heavy atom. The highest BCUT2D eigenvalue weighted by molar-refractivity contribution is 4.76. The first kappa shape index (κ1) is 10.4. The molecule has 0 aliphatic carbocycles. The van der Waals surface area contributed by atoms with E-state index in [1.165, 1.54) is 64.7 Å². The van der Waals surface area contributed by atoms with Crippen molar-refractivity contribution in [3.05, 3.63) is 0 Å². The minimum absolute atomic E-state index is 0.879. The van der Waals surface area contributed by atoms with Crippen molar-refractivity contribution in [3.63, 3.8) is 0 Å². The minimum Gasteiger partial charge on any atom is -0.303 e. The van der Waals surface area contributed by atoms with E-state index in [9.17, 15) is 0 Å². The average Bonchev–Trinajstić information content (AvgIpc) is 2.69. The van der Waals surface area contributed by atoms with Crippen LogP contribution in [0.4, 0.5) is 0 Å². The van der Waals surface area contributed by atoms with E-state index in [1.807, 2.05) is 0 Å². The van der Waals surface area contributed by atoms with Crippen molar-refractivity contribution in [1.29, 1.82) is 0 Å². The first-order valence-electron chi connectivity index (χ1n) is 6.29. The summed E-state index contributed by atoms with van der Waals surface area (Å²) in [7, 11) is 2.30. The second-order valence-electron chi connectivity index (χ2n) is 4.97. The first-order chi connectivity index (χ1) is 6.86. The van der Waals surface area contributed by atoms with Crippen molar-refractivity contribution < 1.29 is 0 Å². The third kappa shape index (κ3) is 2.71. The van der Waals surface area contributed by atoms with E-state index in [1.54, 1.807) is 0 Å². The molecule has 1 atom stereocenters. The highest BCUT2D eigenvalue weighted by Crippen LogP contribution is 2.19. The van der Waals surface area contributed by atoms with Crippen LogP contribution in [0.5, 0.6) is 0 Å². The molecule has 2 saturated heterocycles. The van der Waals surface area contributed by atoms with Crippen molar-refractivity contribution in [2.75, 3.05) is 33.2 Å². The summed E-state index contributed by atoms with van der Waals surface area (Å²) in [6, 6.07) is 0.879. The fraction of sp³-hybridized carbons (Fsp3) is 1.00. The van der Waals surface area contributed by atoms with Gasteiger partial charge in [-0.25, -0.2) is 0 Å². The number of rotatable bonds is 3. The zero-order valence-corrected chi connectivity index (χ0v) is 9.54. The molecule has 1 unspecified atom stereocenters.